The second-order valence-electron chi connectivity index (χ2n) is 7.62. The number of piperidine rings is 1. The minimum absolute atomic E-state index is 0. The molecule has 0 aromatic heterocycles. The van der Waals surface area contributed by atoms with Crippen molar-refractivity contribution in [2.45, 2.75) is 24.4 Å². The average Bonchev–Trinajstić information content (AvgIpc) is 2.68. The van der Waals surface area contributed by atoms with Gasteiger partial charge in [-0.3, -0.25) is 14.8 Å². The number of piperazine rings is 3. The third-order valence-electron chi connectivity index (χ3n) is 5.89. The maximum Gasteiger partial charge on any atom is 0.511 e. The zero-order valence-corrected chi connectivity index (χ0v) is 19.6. The standard InChI is InChI=1S/C16H29F3N6O2S.HI/c1-20-15(22-11-14-12-23-6-8-24(14)9-7-23)21-10-13-2-4-25(5-3-13)28(26,27)16(17,18)19;/h13-14H,2-12H2,1H3,(H2,20,21,22);1H. The highest BCUT2D eigenvalue weighted by atomic mass is 127. The Kier molecular flexibility index (Phi) is 8.83. The molecule has 0 radical (unpaired) electrons. The largest absolute Gasteiger partial charge is 0.511 e. The molecule has 170 valence electrons. The Balaban J connectivity index is 0.00000300. The van der Waals surface area contributed by atoms with Crippen molar-refractivity contribution in [3.8, 4) is 0 Å². The second-order valence-corrected chi connectivity index (χ2v) is 9.55. The van der Waals surface area contributed by atoms with Crippen molar-refractivity contribution in [3.05, 3.63) is 0 Å². The molecule has 4 saturated heterocycles. The van der Waals surface area contributed by atoms with Crippen molar-refractivity contribution in [1.82, 2.24) is 24.7 Å². The van der Waals surface area contributed by atoms with Crippen molar-refractivity contribution < 1.29 is 21.6 Å². The lowest BCUT2D eigenvalue weighted by Crippen LogP contribution is -2.63. The van der Waals surface area contributed by atoms with Gasteiger partial charge in [0.25, 0.3) is 0 Å². The van der Waals surface area contributed by atoms with Crippen LogP contribution in [0.25, 0.3) is 0 Å². The van der Waals surface area contributed by atoms with E-state index < -0.39 is 15.5 Å². The van der Waals surface area contributed by atoms with Gasteiger partial charge in [0.2, 0.25) is 0 Å². The lowest BCUT2D eigenvalue weighted by atomic mass is 9.98. The van der Waals surface area contributed by atoms with Crippen LogP contribution in [0.1, 0.15) is 12.8 Å². The molecule has 8 nitrogen and oxygen atoms in total. The lowest BCUT2D eigenvalue weighted by molar-refractivity contribution is -0.0496. The minimum Gasteiger partial charge on any atom is -0.356 e. The van der Waals surface area contributed by atoms with Crippen molar-refractivity contribution >= 4 is 40.0 Å². The molecule has 1 atom stereocenters. The summed E-state index contributed by atoms with van der Waals surface area (Å²) < 4.78 is 61.4. The maximum atomic E-state index is 12.6. The monoisotopic (exact) mass is 554 g/mol. The van der Waals surface area contributed by atoms with Crippen molar-refractivity contribution in [1.29, 1.82) is 0 Å². The molecule has 4 aliphatic heterocycles. The van der Waals surface area contributed by atoms with E-state index in [9.17, 15) is 21.6 Å². The fourth-order valence-electron chi connectivity index (χ4n) is 4.09. The van der Waals surface area contributed by atoms with Crippen LogP contribution in [0.4, 0.5) is 13.2 Å². The molecule has 0 amide bonds. The average molecular weight is 554 g/mol. The number of rotatable bonds is 5. The SMILES string of the molecule is CN=C(NCC1CCN(S(=O)(=O)C(F)(F)F)CC1)NCC1CN2CCN1CC2.I. The molecule has 13 heteroatoms. The van der Waals surface area contributed by atoms with Crippen LogP contribution < -0.4 is 10.6 Å². The summed E-state index contributed by atoms with van der Waals surface area (Å²) in [5, 5.41) is 6.56. The van der Waals surface area contributed by atoms with E-state index in [-0.39, 0.29) is 43.0 Å². The molecule has 1 unspecified atom stereocenters. The third kappa shape index (κ3) is 6.08. The van der Waals surface area contributed by atoms with Crippen LogP contribution >= 0.6 is 24.0 Å². The Labute approximate surface area is 187 Å². The van der Waals surface area contributed by atoms with Gasteiger partial charge < -0.3 is 10.6 Å². The maximum absolute atomic E-state index is 12.6. The Hall–Kier alpha value is -0.380. The second kappa shape index (κ2) is 10.3. The topological polar surface area (TPSA) is 80.3 Å². The molecule has 0 aliphatic carbocycles. The molecule has 4 heterocycles. The summed E-state index contributed by atoms with van der Waals surface area (Å²) in [6.45, 7) is 6.64. The van der Waals surface area contributed by atoms with Gasteiger partial charge in [-0.25, -0.2) is 8.42 Å². The highest BCUT2D eigenvalue weighted by molar-refractivity contribution is 14.0. The van der Waals surface area contributed by atoms with Crippen LogP contribution in [0.3, 0.4) is 0 Å². The van der Waals surface area contributed by atoms with Gasteiger partial charge in [0.15, 0.2) is 5.96 Å². The van der Waals surface area contributed by atoms with Crippen LogP contribution in [0.2, 0.25) is 0 Å². The third-order valence-corrected chi connectivity index (χ3v) is 7.52. The summed E-state index contributed by atoms with van der Waals surface area (Å²) in [7, 11) is -3.53. The Morgan fingerprint density at radius 1 is 1.03 bits per heavy atom. The van der Waals surface area contributed by atoms with E-state index in [0.717, 1.165) is 39.3 Å². The zero-order chi connectivity index (χ0) is 20.4. The molecule has 0 aromatic carbocycles. The normalized spacial score (nSPS) is 29.4. The predicted octanol–water partition coefficient (Wildman–Crippen LogP) is 0.331. The highest BCUT2D eigenvalue weighted by Crippen LogP contribution is 2.30. The molecule has 2 bridgehead atoms. The van der Waals surface area contributed by atoms with Gasteiger partial charge in [-0.1, -0.05) is 0 Å². The Bertz CT molecular complexity index is 662. The summed E-state index contributed by atoms with van der Waals surface area (Å²) >= 11 is 0. The fraction of sp³-hybridized carbons (Fsp3) is 0.938. The lowest BCUT2D eigenvalue weighted by Gasteiger charge is -2.47. The zero-order valence-electron chi connectivity index (χ0n) is 16.5. The molecule has 4 rings (SSSR count). The number of nitrogens with one attached hydrogen (secondary N) is 2. The molecule has 0 saturated carbocycles. The van der Waals surface area contributed by atoms with Gasteiger partial charge in [-0.2, -0.15) is 17.5 Å². The summed E-state index contributed by atoms with van der Waals surface area (Å²) in [4.78, 5) is 9.16. The molecule has 0 spiro atoms. The quantitative estimate of drug-likeness (QED) is 0.290. The van der Waals surface area contributed by atoms with E-state index in [1.54, 1.807) is 7.05 Å². The van der Waals surface area contributed by atoms with Gasteiger partial charge in [-0.05, 0) is 18.8 Å². The number of aliphatic imine (C=N–C) groups is 1. The smallest absolute Gasteiger partial charge is 0.356 e. The van der Waals surface area contributed by atoms with Crippen LogP contribution in [0.5, 0.6) is 0 Å². The van der Waals surface area contributed by atoms with Gasteiger partial charge in [0.1, 0.15) is 0 Å². The highest BCUT2D eigenvalue weighted by Gasteiger charge is 2.50. The van der Waals surface area contributed by atoms with E-state index in [4.69, 9.17) is 0 Å². The van der Waals surface area contributed by atoms with Crippen LogP contribution in [0.15, 0.2) is 4.99 Å². The Morgan fingerprint density at radius 3 is 2.10 bits per heavy atom. The first-order valence-electron chi connectivity index (χ1n) is 9.68. The summed E-state index contributed by atoms with van der Waals surface area (Å²) in [6, 6.07) is 0.455. The van der Waals surface area contributed by atoms with E-state index >= 15 is 0 Å². The molecule has 4 fully saturated rings. The van der Waals surface area contributed by atoms with Gasteiger partial charge in [0, 0.05) is 72.0 Å². The molecular weight excluding hydrogens is 524 g/mol. The van der Waals surface area contributed by atoms with Gasteiger partial charge in [0.05, 0.1) is 0 Å². The number of guanidine groups is 1. The first-order valence-corrected chi connectivity index (χ1v) is 11.1. The van der Waals surface area contributed by atoms with Crippen molar-refractivity contribution in [3.63, 3.8) is 0 Å². The number of hydrogen-bond acceptors (Lipinski definition) is 5. The summed E-state index contributed by atoms with van der Waals surface area (Å²) in [6.07, 6.45) is 0.787. The van der Waals surface area contributed by atoms with Crippen LogP contribution in [-0.2, 0) is 10.0 Å². The molecule has 0 aromatic rings. The number of nitrogens with zero attached hydrogens (tertiary/aromatic N) is 4. The van der Waals surface area contributed by atoms with E-state index in [1.807, 2.05) is 0 Å². The number of halogens is 4. The predicted molar refractivity (Wildman–Crippen MR) is 116 cm³/mol. The van der Waals surface area contributed by atoms with Crippen LogP contribution in [0, 0.1) is 5.92 Å². The fourth-order valence-corrected chi connectivity index (χ4v) is 5.08. The number of sulfonamides is 1. The first kappa shape index (κ1) is 24.9. The summed E-state index contributed by atoms with van der Waals surface area (Å²) in [5.74, 6) is 0.779. The number of fused-ring (bicyclic) bond motifs is 3. The molecule has 29 heavy (non-hydrogen) atoms. The number of alkyl halides is 3. The first-order chi connectivity index (χ1) is 13.2. The summed E-state index contributed by atoms with van der Waals surface area (Å²) in [5.41, 5.74) is -5.23. The van der Waals surface area contributed by atoms with Crippen molar-refractivity contribution in [2.24, 2.45) is 10.9 Å². The van der Waals surface area contributed by atoms with Gasteiger partial charge in [-0.15, -0.1) is 24.0 Å². The van der Waals surface area contributed by atoms with E-state index in [0.29, 0.717) is 35.7 Å². The van der Waals surface area contributed by atoms with Crippen LogP contribution in [-0.4, -0.2) is 106 Å². The van der Waals surface area contributed by atoms with Gasteiger partial charge >= 0.3 is 15.5 Å². The number of hydrogen-bond donors (Lipinski definition) is 2. The molecule has 4 aliphatic rings. The van der Waals surface area contributed by atoms with Crippen molar-refractivity contribution in [2.75, 3.05) is 66.0 Å². The molecular formula is C16H30F3IN6O2S. The van der Waals surface area contributed by atoms with E-state index in [2.05, 4.69) is 25.4 Å². The Morgan fingerprint density at radius 2 is 1.62 bits per heavy atom. The van der Waals surface area contributed by atoms with E-state index in [1.165, 1.54) is 0 Å². The minimum atomic E-state index is -5.23. The molecule has 2 N–H and O–H groups in total.